The van der Waals surface area contributed by atoms with Crippen molar-refractivity contribution in [3.8, 4) is 0 Å². The Kier molecular flexibility index (Phi) is 4.58. The van der Waals surface area contributed by atoms with Crippen molar-refractivity contribution in [2.45, 2.75) is 4.90 Å². The molecule has 0 bridgehead atoms. The molecule has 0 fully saturated rings. The largest absolute Gasteiger partial charge is 0.468 e. The van der Waals surface area contributed by atoms with E-state index in [9.17, 15) is 4.79 Å². The van der Waals surface area contributed by atoms with E-state index in [4.69, 9.17) is 23.2 Å². The molecule has 0 atom stereocenters. The summed E-state index contributed by atoms with van der Waals surface area (Å²) < 4.78 is 4.51. The second-order valence-electron chi connectivity index (χ2n) is 2.44. The van der Waals surface area contributed by atoms with E-state index < -0.39 is 0 Å². The molecular weight excluding hydrogens is 243 g/mol. The normalized spacial score (nSPS) is 9.93. The van der Waals surface area contributed by atoms with Crippen molar-refractivity contribution in [1.82, 2.24) is 0 Å². The Morgan fingerprint density at radius 1 is 1.43 bits per heavy atom. The van der Waals surface area contributed by atoms with Gasteiger partial charge >= 0.3 is 5.97 Å². The van der Waals surface area contributed by atoms with Crippen molar-refractivity contribution in [2.75, 3.05) is 12.9 Å². The number of carbonyl (C=O) groups is 1. The van der Waals surface area contributed by atoms with Crippen LogP contribution in [0.4, 0.5) is 0 Å². The van der Waals surface area contributed by atoms with Crippen LogP contribution in [-0.2, 0) is 9.53 Å². The standard InChI is InChI=1S/C9H8Cl2O2S/c1-13-9(12)5-14-6-2-3-7(10)8(11)4-6/h2-4H,5H2,1H3. The lowest BCUT2D eigenvalue weighted by atomic mass is 10.4. The Bertz CT molecular complexity index is 342. The van der Waals surface area contributed by atoms with Crippen LogP contribution in [0.1, 0.15) is 0 Å². The zero-order valence-corrected chi connectivity index (χ0v) is 9.75. The van der Waals surface area contributed by atoms with Gasteiger partial charge in [0.1, 0.15) is 0 Å². The quantitative estimate of drug-likeness (QED) is 0.609. The van der Waals surface area contributed by atoms with Crippen LogP contribution in [0.25, 0.3) is 0 Å². The summed E-state index contributed by atoms with van der Waals surface area (Å²) in [6.45, 7) is 0. The zero-order valence-electron chi connectivity index (χ0n) is 7.42. The molecule has 1 aromatic rings. The van der Waals surface area contributed by atoms with E-state index in [-0.39, 0.29) is 11.7 Å². The molecule has 0 aliphatic rings. The van der Waals surface area contributed by atoms with Crippen molar-refractivity contribution in [1.29, 1.82) is 0 Å². The third-order valence-electron chi connectivity index (χ3n) is 1.48. The SMILES string of the molecule is COC(=O)CSc1ccc(Cl)c(Cl)c1. The van der Waals surface area contributed by atoms with Crippen LogP contribution >= 0.6 is 35.0 Å². The van der Waals surface area contributed by atoms with E-state index in [1.165, 1.54) is 18.9 Å². The van der Waals surface area contributed by atoms with E-state index in [1.807, 2.05) is 6.07 Å². The van der Waals surface area contributed by atoms with E-state index in [2.05, 4.69) is 4.74 Å². The highest BCUT2D eigenvalue weighted by molar-refractivity contribution is 8.00. The predicted octanol–water partition coefficient (Wildman–Crippen LogP) is 3.26. The second-order valence-corrected chi connectivity index (χ2v) is 4.30. The fraction of sp³-hybridized carbons (Fsp3) is 0.222. The topological polar surface area (TPSA) is 26.3 Å². The highest BCUT2D eigenvalue weighted by atomic mass is 35.5. The third kappa shape index (κ3) is 3.40. The summed E-state index contributed by atoms with van der Waals surface area (Å²) in [5.41, 5.74) is 0. The average molecular weight is 251 g/mol. The summed E-state index contributed by atoms with van der Waals surface area (Å²) in [6, 6.07) is 5.23. The first-order chi connectivity index (χ1) is 6.63. The van der Waals surface area contributed by atoms with Gasteiger partial charge < -0.3 is 4.74 Å². The highest BCUT2D eigenvalue weighted by Crippen LogP contribution is 2.27. The molecule has 0 aliphatic carbocycles. The van der Waals surface area contributed by atoms with Crippen LogP contribution in [0, 0.1) is 0 Å². The molecule has 14 heavy (non-hydrogen) atoms. The van der Waals surface area contributed by atoms with E-state index in [1.54, 1.807) is 12.1 Å². The van der Waals surface area contributed by atoms with Gasteiger partial charge in [-0.3, -0.25) is 4.79 Å². The summed E-state index contributed by atoms with van der Waals surface area (Å²) in [7, 11) is 1.36. The number of carbonyl (C=O) groups excluding carboxylic acids is 1. The highest BCUT2D eigenvalue weighted by Gasteiger charge is 2.03. The van der Waals surface area contributed by atoms with Crippen LogP contribution in [-0.4, -0.2) is 18.8 Å². The molecule has 0 N–H and O–H groups in total. The molecule has 0 radical (unpaired) electrons. The molecular formula is C9H8Cl2O2S. The van der Waals surface area contributed by atoms with Gasteiger partial charge in [-0.15, -0.1) is 11.8 Å². The minimum Gasteiger partial charge on any atom is -0.468 e. The summed E-state index contributed by atoms with van der Waals surface area (Å²) >= 11 is 12.9. The Hall–Kier alpha value is -0.380. The number of hydrogen-bond acceptors (Lipinski definition) is 3. The number of thioether (sulfide) groups is 1. The number of hydrogen-bond donors (Lipinski definition) is 0. The first-order valence-corrected chi connectivity index (χ1v) is 5.52. The van der Waals surface area contributed by atoms with Gasteiger partial charge in [0.2, 0.25) is 0 Å². The molecule has 1 rings (SSSR count). The fourth-order valence-electron chi connectivity index (χ4n) is 0.768. The molecule has 0 aromatic heterocycles. The van der Waals surface area contributed by atoms with Crippen molar-refractivity contribution in [3.63, 3.8) is 0 Å². The minimum absolute atomic E-state index is 0.263. The number of methoxy groups -OCH3 is 1. The first-order valence-electron chi connectivity index (χ1n) is 3.78. The van der Waals surface area contributed by atoms with E-state index >= 15 is 0 Å². The van der Waals surface area contributed by atoms with Crippen LogP contribution in [0.15, 0.2) is 23.1 Å². The molecule has 0 amide bonds. The smallest absolute Gasteiger partial charge is 0.315 e. The molecule has 0 aliphatic heterocycles. The van der Waals surface area contributed by atoms with Crippen molar-refractivity contribution in [2.24, 2.45) is 0 Å². The van der Waals surface area contributed by atoms with Crippen LogP contribution in [0.2, 0.25) is 10.0 Å². The van der Waals surface area contributed by atoms with Gasteiger partial charge in [-0.1, -0.05) is 23.2 Å². The molecule has 0 unspecified atom stereocenters. The lowest BCUT2D eigenvalue weighted by molar-refractivity contribution is -0.137. The molecule has 0 saturated heterocycles. The molecule has 76 valence electrons. The first kappa shape index (κ1) is 11.7. The molecule has 5 heteroatoms. The maximum atomic E-state index is 10.8. The molecule has 2 nitrogen and oxygen atoms in total. The van der Waals surface area contributed by atoms with Crippen LogP contribution in [0.5, 0.6) is 0 Å². The number of rotatable bonds is 3. The van der Waals surface area contributed by atoms with Gasteiger partial charge in [0.05, 0.1) is 22.9 Å². The molecule has 0 saturated carbocycles. The Morgan fingerprint density at radius 3 is 2.71 bits per heavy atom. The summed E-state index contributed by atoms with van der Waals surface area (Å²) in [6.07, 6.45) is 0. The lowest BCUT2D eigenvalue weighted by Gasteiger charge is -2.01. The zero-order chi connectivity index (χ0) is 10.6. The van der Waals surface area contributed by atoms with Crippen molar-refractivity contribution in [3.05, 3.63) is 28.2 Å². The second kappa shape index (κ2) is 5.49. The molecule has 0 spiro atoms. The van der Waals surface area contributed by atoms with Gasteiger partial charge in [0.15, 0.2) is 0 Å². The van der Waals surface area contributed by atoms with Gasteiger partial charge in [0, 0.05) is 4.90 Å². The van der Waals surface area contributed by atoms with E-state index in [0.717, 1.165) is 4.90 Å². The summed E-state index contributed by atoms with van der Waals surface area (Å²) in [5.74, 6) is 0.00939. The van der Waals surface area contributed by atoms with Crippen molar-refractivity contribution >= 4 is 40.9 Å². The monoisotopic (exact) mass is 250 g/mol. The number of benzene rings is 1. The maximum absolute atomic E-state index is 10.8. The average Bonchev–Trinajstić information content (AvgIpc) is 2.19. The van der Waals surface area contributed by atoms with Gasteiger partial charge in [-0.2, -0.15) is 0 Å². The maximum Gasteiger partial charge on any atom is 0.315 e. The Morgan fingerprint density at radius 2 is 2.14 bits per heavy atom. The van der Waals surface area contributed by atoms with Crippen LogP contribution < -0.4 is 0 Å². The minimum atomic E-state index is -0.263. The number of esters is 1. The number of halogens is 2. The van der Waals surface area contributed by atoms with Gasteiger partial charge in [-0.05, 0) is 18.2 Å². The van der Waals surface area contributed by atoms with Crippen molar-refractivity contribution < 1.29 is 9.53 Å². The van der Waals surface area contributed by atoms with E-state index in [0.29, 0.717) is 10.0 Å². The third-order valence-corrected chi connectivity index (χ3v) is 3.18. The van der Waals surface area contributed by atoms with Crippen LogP contribution in [0.3, 0.4) is 0 Å². The van der Waals surface area contributed by atoms with Gasteiger partial charge in [-0.25, -0.2) is 0 Å². The Labute approximate surface area is 96.5 Å². The fourth-order valence-corrected chi connectivity index (χ4v) is 1.90. The lowest BCUT2D eigenvalue weighted by Crippen LogP contribution is -2.02. The number of ether oxygens (including phenoxy) is 1. The predicted molar refractivity (Wildman–Crippen MR) is 59.2 cm³/mol. The summed E-state index contributed by atoms with van der Waals surface area (Å²) in [5, 5.41) is 0.996. The molecule has 0 heterocycles. The molecule has 1 aromatic carbocycles. The van der Waals surface area contributed by atoms with Gasteiger partial charge in [0.25, 0.3) is 0 Å². The Balaban J connectivity index is 2.60. The summed E-state index contributed by atoms with van der Waals surface area (Å²) in [4.78, 5) is 11.7.